The highest BCUT2D eigenvalue weighted by Gasteiger charge is 2.08. The predicted molar refractivity (Wildman–Crippen MR) is 82.9 cm³/mol. The SMILES string of the molecule is Cc1ccc(CNCc2[nH]c3ccccc3c2Cl)s1. The van der Waals surface area contributed by atoms with Crippen LogP contribution in [0.15, 0.2) is 36.4 Å². The monoisotopic (exact) mass is 290 g/mol. The molecule has 1 aromatic carbocycles. The van der Waals surface area contributed by atoms with Gasteiger partial charge in [-0.15, -0.1) is 11.3 Å². The quantitative estimate of drug-likeness (QED) is 0.728. The predicted octanol–water partition coefficient (Wildman–Crippen LogP) is 4.48. The molecule has 2 aromatic heterocycles. The molecule has 0 aliphatic rings. The number of fused-ring (bicyclic) bond motifs is 1. The van der Waals surface area contributed by atoms with Crippen LogP contribution in [0.3, 0.4) is 0 Å². The van der Waals surface area contributed by atoms with E-state index in [1.807, 2.05) is 35.6 Å². The summed E-state index contributed by atoms with van der Waals surface area (Å²) in [5.41, 5.74) is 2.15. The van der Waals surface area contributed by atoms with E-state index in [1.54, 1.807) is 0 Å². The molecule has 98 valence electrons. The molecule has 4 heteroatoms. The van der Waals surface area contributed by atoms with Crippen molar-refractivity contribution in [2.75, 3.05) is 0 Å². The summed E-state index contributed by atoms with van der Waals surface area (Å²) in [6.07, 6.45) is 0. The lowest BCUT2D eigenvalue weighted by Gasteiger charge is -2.01. The van der Waals surface area contributed by atoms with E-state index in [4.69, 9.17) is 11.6 Å². The number of hydrogen-bond acceptors (Lipinski definition) is 2. The highest BCUT2D eigenvalue weighted by Crippen LogP contribution is 2.27. The molecule has 0 amide bonds. The standard InChI is InChI=1S/C15H15ClN2S/c1-10-6-7-11(19-10)8-17-9-14-15(16)12-4-2-3-5-13(12)18-14/h2-7,17-18H,8-9H2,1H3. The first-order valence-corrected chi connectivity index (χ1v) is 7.44. The third-order valence-corrected chi connectivity index (χ3v) is 4.54. The van der Waals surface area contributed by atoms with Crippen molar-refractivity contribution >= 4 is 33.8 Å². The Morgan fingerprint density at radius 2 is 2.00 bits per heavy atom. The molecule has 19 heavy (non-hydrogen) atoms. The van der Waals surface area contributed by atoms with Crippen LogP contribution in [0.5, 0.6) is 0 Å². The summed E-state index contributed by atoms with van der Waals surface area (Å²) in [6, 6.07) is 12.4. The molecular formula is C15H15ClN2S. The van der Waals surface area contributed by atoms with Crippen LogP contribution >= 0.6 is 22.9 Å². The smallest absolute Gasteiger partial charge is 0.0705 e. The average molecular weight is 291 g/mol. The number of aromatic nitrogens is 1. The highest BCUT2D eigenvalue weighted by atomic mass is 35.5. The zero-order valence-corrected chi connectivity index (χ0v) is 12.2. The van der Waals surface area contributed by atoms with Crippen LogP contribution in [-0.4, -0.2) is 4.98 Å². The first kappa shape index (κ1) is 12.7. The Hall–Kier alpha value is -1.29. The average Bonchev–Trinajstić information content (AvgIpc) is 2.96. The van der Waals surface area contributed by atoms with Crippen LogP contribution in [0.1, 0.15) is 15.4 Å². The number of thiophene rings is 1. The fourth-order valence-electron chi connectivity index (χ4n) is 2.18. The van der Waals surface area contributed by atoms with Gasteiger partial charge >= 0.3 is 0 Å². The molecule has 0 fully saturated rings. The maximum atomic E-state index is 6.37. The Labute approximate surface area is 121 Å². The molecule has 0 spiro atoms. The van der Waals surface area contributed by atoms with Gasteiger partial charge in [0, 0.05) is 39.4 Å². The largest absolute Gasteiger partial charge is 0.356 e. The molecule has 3 rings (SSSR count). The van der Waals surface area contributed by atoms with Gasteiger partial charge in [-0.05, 0) is 25.1 Å². The van der Waals surface area contributed by atoms with E-state index in [0.717, 1.165) is 34.7 Å². The molecule has 0 aliphatic carbocycles. The van der Waals surface area contributed by atoms with Crippen molar-refractivity contribution in [1.29, 1.82) is 0 Å². The topological polar surface area (TPSA) is 27.8 Å². The number of rotatable bonds is 4. The van der Waals surface area contributed by atoms with Crippen LogP contribution in [0, 0.1) is 6.92 Å². The summed E-state index contributed by atoms with van der Waals surface area (Å²) in [6.45, 7) is 3.76. The van der Waals surface area contributed by atoms with Crippen molar-refractivity contribution in [2.45, 2.75) is 20.0 Å². The van der Waals surface area contributed by atoms with Gasteiger partial charge < -0.3 is 10.3 Å². The maximum absolute atomic E-state index is 6.37. The van der Waals surface area contributed by atoms with E-state index >= 15 is 0 Å². The number of hydrogen-bond donors (Lipinski definition) is 2. The van der Waals surface area contributed by atoms with Crippen molar-refractivity contribution in [3.63, 3.8) is 0 Å². The van der Waals surface area contributed by atoms with Gasteiger partial charge in [0.2, 0.25) is 0 Å². The van der Waals surface area contributed by atoms with Gasteiger partial charge in [0.05, 0.1) is 5.02 Å². The molecular weight excluding hydrogens is 276 g/mol. The number of nitrogens with one attached hydrogen (secondary N) is 2. The molecule has 3 aromatic rings. The second-order valence-electron chi connectivity index (χ2n) is 4.58. The van der Waals surface area contributed by atoms with E-state index in [-0.39, 0.29) is 0 Å². The van der Waals surface area contributed by atoms with Crippen LogP contribution in [-0.2, 0) is 13.1 Å². The zero-order chi connectivity index (χ0) is 13.2. The highest BCUT2D eigenvalue weighted by molar-refractivity contribution is 7.11. The Morgan fingerprint density at radius 3 is 2.74 bits per heavy atom. The van der Waals surface area contributed by atoms with Crippen LogP contribution < -0.4 is 5.32 Å². The molecule has 0 saturated carbocycles. The zero-order valence-electron chi connectivity index (χ0n) is 10.7. The summed E-state index contributed by atoms with van der Waals surface area (Å²) in [4.78, 5) is 6.06. The number of halogens is 1. The first-order chi connectivity index (χ1) is 9.24. The fraction of sp³-hybridized carbons (Fsp3) is 0.200. The second kappa shape index (κ2) is 5.37. The van der Waals surface area contributed by atoms with Crippen molar-refractivity contribution in [1.82, 2.24) is 10.3 Å². The van der Waals surface area contributed by atoms with Gasteiger partial charge in [0.1, 0.15) is 0 Å². The van der Waals surface area contributed by atoms with Gasteiger partial charge in [-0.3, -0.25) is 0 Å². The van der Waals surface area contributed by atoms with E-state index < -0.39 is 0 Å². The van der Waals surface area contributed by atoms with Gasteiger partial charge in [-0.25, -0.2) is 0 Å². The summed E-state index contributed by atoms with van der Waals surface area (Å²) in [5, 5.41) is 5.34. The molecule has 0 bridgehead atoms. The summed E-state index contributed by atoms with van der Waals surface area (Å²) in [7, 11) is 0. The molecule has 2 heterocycles. The molecule has 2 N–H and O–H groups in total. The van der Waals surface area contributed by atoms with E-state index in [0.29, 0.717) is 0 Å². The van der Waals surface area contributed by atoms with Gasteiger partial charge in [-0.1, -0.05) is 29.8 Å². The van der Waals surface area contributed by atoms with Crippen molar-refractivity contribution < 1.29 is 0 Å². The lowest BCUT2D eigenvalue weighted by Crippen LogP contribution is -2.12. The normalized spacial score (nSPS) is 11.3. The molecule has 0 saturated heterocycles. The van der Waals surface area contributed by atoms with Gasteiger partial charge in [0.15, 0.2) is 0 Å². The number of aryl methyl sites for hydroxylation is 1. The molecule has 0 radical (unpaired) electrons. The third kappa shape index (κ3) is 2.68. The number of H-pyrrole nitrogens is 1. The Bertz CT molecular complexity index is 699. The van der Waals surface area contributed by atoms with E-state index in [9.17, 15) is 0 Å². The van der Waals surface area contributed by atoms with Crippen LogP contribution in [0.2, 0.25) is 5.02 Å². The lowest BCUT2D eigenvalue weighted by molar-refractivity contribution is 0.691. The molecule has 2 nitrogen and oxygen atoms in total. The minimum absolute atomic E-state index is 0.754. The van der Waals surface area contributed by atoms with Crippen molar-refractivity contribution in [2.24, 2.45) is 0 Å². The van der Waals surface area contributed by atoms with Gasteiger partial charge in [0.25, 0.3) is 0 Å². The first-order valence-electron chi connectivity index (χ1n) is 6.25. The summed E-state index contributed by atoms with van der Waals surface area (Å²) < 4.78 is 0. The van der Waals surface area contributed by atoms with Gasteiger partial charge in [-0.2, -0.15) is 0 Å². The Kier molecular flexibility index (Phi) is 3.60. The molecule has 0 unspecified atom stereocenters. The maximum Gasteiger partial charge on any atom is 0.0705 e. The lowest BCUT2D eigenvalue weighted by atomic mass is 10.2. The third-order valence-electron chi connectivity index (χ3n) is 3.11. The summed E-state index contributed by atoms with van der Waals surface area (Å²) in [5.74, 6) is 0. The molecule has 0 atom stereocenters. The minimum Gasteiger partial charge on any atom is -0.356 e. The minimum atomic E-state index is 0.754. The number of benzene rings is 1. The van der Waals surface area contributed by atoms with Crippen molar-refractivity contribution in [3.05, 3.63) is 56.9 Å². The Balaban J connectivity index is 1.70. The summed E-state index contributed by atoms with van der Waals surface area (Å²) >= 11 is 8.20. The fourth-order valence-corrected chi connectivity index (χ4v) is 3.31. The van der Waals surface area contributed by atoms with Crippen LogP contribution in [0.25, 0.3) is 10.9 Å². The van der Waals surface area contributed by atoms with E-state index in [1.165, 1.54) is 9.75 Å². The molecule has 0 aliphatic heterocycles. The Morgan fingerprint density at radius 1 is 1.16 bits per heavy atom. The van der Waals surface area contributed by atoms with E-state index in [2.05, 4.69) is 29.4 Å². The van der Waals surface area contributed by atoms with Crippen LogP contribution in [0.4, 0.5) is 0 Å². The second-order valence-corrected chi connectivity index (χ2v) is 6.33. The number of aromatic amines is 1. The number of para-hydroxylation sites is 1. The van der Waals surface area contributed by atoms with Crippen molar-refractivity contribution in [3.8, 4) is 0 Å².